The summed E-state index contributed by atoms with van der Waals surface area (Å²) in [6, 6.07) is 26.4. The predicted molar refractivity (Wildman–Crippen MR) is 136 cm³/mol. The number of carbonyl (C=O) groups is 2. The van der Waals surface area contributed by atoms with Gasteiger partial charge in [0.15, 0.2) is 0 Å². The van der Waals surface area contributed by atoms with Crippen LogP contribution in [0.5, 0.6) is 0 Å². The second kappa shape index (κ2) is 8.55. The highest BCUT2D eigenvalue weighted by Gasteiger charge is 2.37. The van der Waals surface area contributed by atoms with Crippen LogP contribution in [0.25, 0.3) is 10.8 Å². The SMILES string of the molecule is O=C(Nc1ccc2n(c1=O)C[C@H]1C[C@@H]2CN(C(=O)c2ccc3ccccc3c2)C1)c1ccccc1. The van der Waals surface area contributed by atoms with Crippen molar-refractivity contribution < 1.29 is 9.59 Å². The summed E-state index contributed by atoms with van der Waals surface area (Å²) in [5, 5.41) is 4.94. The number of nitrogens with one attached hydrogen (secondary N) is 1. The second-order valence-electron chi connectivity index (χ2n) is 9.48. The Morgan fingerprint density at radius 1 is 0.771 bits per heavy atom. The van der Waals surface area contributed by atoms with Crippen molar-refractivity contribution in [1.29, 1.82) is 0 Å². The second-order valence-corrected chi connectivity index (χ2v) is 9.48. The molecule has 6 rings (SSSR count). The molecule has 2 bridgehead atoms. The van der Waals surface area contributed by atoms with Gasteiger partial charge in [-0.1, -0.05) is 48.5 Å². The molecule has 1 aromatic heterocycles. The first-order chi connectivity index (χ1) is 17.1. The zero-order chi connectivity index (χ0) is 23.9. The lowest BCUT2D eigenvalue weighted by Crippen LogP contribution is -2.49. The molecular weight excluding hydrogens is 438 g/mol. The van der Waals surface area contributed by atoms with Crippen LogP contribution in [0.1, 0.15) is 38.7 Å². The monoisotopic (exact) mass is 463 g/mol. The van der Waals surface area contributed by atoms with Crippen molar-refractivity contribution in [1.82, 2.24) is 9.47 Å². The van der Waals surface area contributed by atoms with Crippen molar-refractivity contribution in [2.24, 2.45) is 5.92 Å². The Hall–Kier alpha value is -4.19. The lowest BCUT2D eigenvalue weighted by molar-refractivity contribution is 0.0594. The molecule has 0 aliphatic carbocycles. The average molecular weight is 464 g/mol. The molecule has 3 heterocycles. The molecule has 0 unspecified atom stereocenters. The van der Waals surface area contributed by atoms with E-state index in [1.54, 1.807) is 34.9 Å². The maximum absolute atomic E-state index is 13.4. The number of rotatable bonds is 3. The highest BCUT2D eigenvalue weighted by molar-refractivity contribution is 6.04. The van der Waals surface area contributed by atoms with Gasteiger partial charge in [-0.05, 0) is 59.5 Å². The van der Waals surface area contributed by atoms with Gasteiger partial charge in [0.25, 0.3) is 17.4 Å². The summed E-state index contributed by atoms with van der Waals surface area (Å²) in [7, 11) is 0. The summed E-state index contributed by atoms with van der Waals surface area (Å²) in [4.78, 5) is 41.1. The number of pyridine rings is 1. The van der Waals surface area contributed by atoms with Crippen molar-refractivity contribution in [3.63, 3.8) is 0 Å². The summed E-state index contributed by atoms with van der Waals surface area (Å²) >= 11 is 0. The van der Waals surface area contributed by atoms with Gasteiger partial charge in [-0.15, -0.1) is 0 Å². The van der Waals surface area contributed by atoms with Gasteiger partial charge in [-0.3, -0.25) is 14.4 Å². The van der Waals surface area contributed by atoms with E-state index in [4.69, 9.17) is 0 Å². The van der Waals surface area contributed by atoms with Crippen LogP contribution >= 0.6 is 0 Å². The number of benzene rings is 3. The quantitative estimate of drug-likeness (QED) is 0.486. The number of amides is 2. The van der Waals surface area contributed by atoms with E-state index in [1.165, 1.54) is 0 Å². The van der Waals surface area contributed by atoms with Crippen LogP contribution in [0.2, 0.25) is 0 Å². The number of hydrogen-bond acceptors (Lipinski definition) is 3. The fraction of sp³-hybridized carbons (Fsp3) is 0.207. The zero-order valence-corrected chi connectivity index (χ0v) is 19.2. The van der Waals surface area contributed by atoms with E-state index in [-0.39, 0.29) is 34.9 Å². The molecular formula is C29H25N3O3. The smallest absolute Gasteiger partial charge is 0.274 e. The first-order valence-electron chi connectivity index (χ1n) is 11.9. The molecule has 4 aromatic rings. The van der Waals surface area contributed by atoms with Crippen LogP contribution in [0.4, 0.5) is 5.69 Å². The van der Waals surface area contributed by atoms with E-state index in [0.717, 1.165) is 22.9 Å². The van der Waals surface area contributed by atoms with E-state index < -0.39 is 0 Å². The van der Waals surface area contributed by atoms with E-state index in [1.807, 2.05) is 59.5 Å². The fourth-order valence-electron chi connectivity index (χ4n) is 5.50. The minimum atomic E-state index is -0.300. The van der Waals surface area contributed by atoms with Gasteiger partial charge < -0.3 is 14.8 Å². The number of likely N-dealkylation sites (tertiary alicyclic amines) is 1. The molecule has 6 nitrogen and oxygen atoms in total. The molecule has 6 heteroatoms. The van der Waals surface area contributed by atoms with Gasteiger partial charge in [-0.2, -0.15) is 0 Å². The third-order valence-electron chi connectivity index (χ3n) is 7.17. The Morgan fingerprint density at radius 2 is 1.54 bits per heavy atom. The van der Waals surface area contributed by atoms with Gasteiger partial charge in [-0.25, -0.2) is 0 Å². The third kappa shape index (κ3) is 3.91. The lowest BCUT2D eigenvalue weighted by atomic mass is 9.83. The molecule has 2 aliphatic rings. The lowest BCUT2D eigenvalue weighted by Gasteiger charge is -2.43. The van der Waals surface area contributed by atoms with Gasteiger partial charge >= 0.3 is 0 Å². The first-order valence-corrected chi connectivity index (χ1v) is 11.9. The minimum absolute atomic E-state index is 0.0352. The molecule has 0 spiro atoms. The molecule has 35 heavy (non-hydrogen) atoms. The maximum Gasteiger partial charge on any atom is 0.274 e. The first kappa shape index (κ1) is 21.4. The molecule has 2 amide bonds. The molecule has 0 radical (unpaired) electrons. The Labute approximate surface area is 202 Å². The van der Waals surface area contributed by atoms with E-state index in [2.05, 4.69) is 5.32 Å². The summed E-state index contributed by atoms with van der Waals surface area (Å²) in [6.07, 6.45) is 0.955. The standard InChI is InChI=1S/C29H25N3O3/c33-27(21-7-2-1-3-8-21)30-25-12-13-26-24-14-19(17-32(26)29(25)35)16-31(18-24)28(34)23-11-10-20-6-4-5-9-22(20)15-23/h1-13,15,19,24H,14,16-18H2,(H,30,33)/t19-,24+/m0/s1. The largest absolute Gasteiger partial charge is 0.338 e. The average Bonchev–Trinajstić information content (AvgIpc) is 2.90. The molecule has 1 fully saturated rings. The number of aromatic nitrogens is 1. The summed E-state index contributed by atoms with van der Waals surface area (Å²) in [5.74, 6) is 0.0290. The molecule has 3 aromatic carbocycles. The summed E-state index contributed by atoms with van der Waals surface area (Å²) < 4.78 is 1.79. The Morgan fingerprint density at radius 3 is 2.37 bits per heavy atom. The van der Waals surface area contributed by atoms with E-state index in [9.17, 15) is 14.4 Å². The number of fused-ring (bicyclic) bond motifs is 5. The predicted octanol–water partition coefficient (Wildman–Crippen LogP) is 4.51. The van der Waals surface area contributed by atoms with Crippen molar-refractivity contribution in [2.75, 3.05) is 18.4 Å². The number of carbonyl (C=O) groups excluding carboxylic acids is 2. The van der Waals surface area contributed by atoms with Crippen LogP contribution < -0.4 is 10.9 Å². The number of nitrogens with zero attached hydrogens (tertiary/aromatic N) is 2. The van der Waals surface area contributed by atoms with Crippen molar-refractivity contribution >= 4 is 28.3 Å². The van der Waals surface area contributed by atoms with Crippen LogP contribution in [0, 0.1) is 5.92 Å². The van der Waals surface area contributed by atoms with E-state index in [0.29, 0.717) is 30.8 Å². The highest BCUT2D eigenvalue weighted by atomic mass is 16.2. The number of hydrogen-bond donors (Lipinski definition) is 1. The fourth-order valence-corrected chi connectivity index (χ4v) is 5.50. The Kier molecular flexibility index (Phi) is 5.21. The van der Waals surface area contributed by atoms with Gasteiger partial charge in [0.2, 0.25) is 0 Å². The molecule has 1 N–H and O–H groups in total. The summed E-state index contributed by atoms with van der Waals surface area (Å²) in [5.41, 5.74) is 2.23. The maximum atomic E-state index is 13.4. The van der Waals surface area contributed by atoms with Crippen LogP contribution in [-0.4, -0.2) is 34.4 Å². The molecule has 2 aliphatic heterocycles. The Balaban J connectivity index is 1.24. The van der Waals surface area contributed by atoms with Gasteiger partial charge in [0.1, 0.15) is 5.69 Å². The van der Waals surface area contributed by atoms with Crippen LogP contribution in [0.3, 0.4) is 0 Å². The van der Waals surface area contributed by atoms with Crippen LogP contribution in [-0.2, 0) is 6.54 Å². The molecule has 0 saturated carbocycles. The van der Waals surface area contributed by atoms with Gasteiger partial charge in [0.05, 0.1) is 0 Å². The van der Waals surface area contributed by atoms with E-state index >= 15 is 0 Å². The Bertz CT molecular complexity index is 1510. The molecule has 174 valence electrons. The number of anilines is 1. The topological polar surface area (TPSA) is 71.4 Å². The third-order valence-corrected chi connectivity index (χ3v) is 7.17. The zero-order valence-electron chi connectivity index (χ0n) is 19.2. The van der Waals surface area contributed by atoms with Crippen LogP contribution in [0.15, 0.2) is 89.7 Å². The van der Waals surface area contributed by atoms with Crippen molar-refractivity contribution in [2.45, 2.75) is 18.9 Å². The molecule has 1 saturated heterocycles. The number of piperidine rings is 1. The van der Waals surface area contributed by atoms with Crippen molar-refractivity contribution in [3.8, 4) is 0 Å². The normalized spacial score (nSPS) is 18.7. The molecule has 2 atom stereocenters. The minimum Gasteiger partial charge on any atom is -0.338 e. The summed E-state index contributed by atoms with van der Waals surface area (Å²) in [6.45, 7) is 1.74. The highest BCUT2D eigenvalue weighted by Crippen LogP contribution is 2.36. The van der Waals surface area contributed by atoms with Crippen molar-refractivity contribution in [3.05, 3.63) is 112 Å². The van der Waals surface area contributed by atoms with Gasteiger partial charge in [0, 0.05) is 42.4 Å².